The molecule has 0 radical (unpaired) electrons. The molecule has 0 bridgehead atoms. The van der Waals surface area contributed by atoms with E-state index in [1.807, 2.05) is 0 Å². The van der Waals surface area contributed by atoms with E-state index in [1.165, 1.54) is 24.0 Å². The largest absolute Gasteiger partial charge is 0.385 e. The Labute approximate surface area is 98.5 Å². The van der Waals surface area contributed by atoms with Crippen molar-refractivity contribution in [2.75, 3.05) is 0 Å². The number of rotatable bonds is 1. The summed E-state index contributed by atoms with van der Waals surface area (Å²) >= 11 is 0. The zero-order valence-corrected chi connectivity index (χ0v) is 10.4. The Morgan fingerprint density at radius 2 is 1.38 bits per heavy atom. The van der Waals surface area contributed by atoms with Crippen molar-refractivity contribution in [1.29, 1.82) is 0 Å². The maximum atomic E-state index is 10.8. The molecule has 0 atom stereocenters. The van der Waals surface area contributed by atoms with Crippen LogP contribution in [0.3, 0.4) is 0 Å². The van der Waals surface area contributed by atoms with Gasteiger partial charge in [-0.2, -0.15) is 0 Å². The molecule has 0 amide bonds. The third-order valence-electron chi connectivity index (χ3n) is 3.69. The van der Waals surface area contributed by atoms with Crippen molar-refractivity contribution >= 4 is 0 Å². The highest BCUT2D eigenvalue weighted by atomic mass is 16.3. The SMILES string of the molecule is Cc1cc(C)cc(C2(O)CCCCCC2)c1. The topological polar surface area (TPSA) is 20.2 Å². The van der Waals surface area contributed by atoms with Gasteiger partial charge in [-0.3, -0.25) is 0 Å². The number of aryl methyl sites for hydroxylation is 2. The highest BCUT2D eigenvalue weighted by Crippen LogP contribution is 2.36. The lowest BCUT2D eigenvalue weighted by molar-refractivity contribution is 0.0206. The van der Waals surface area contributed by atoms with Crippen LogP contribution in [0.2, 0.25) is 0 Å². The second-order valence-electron chi connectivity index (χ2n) is 5.32. The highest BCUT2D eigenvalue weighted by molar-refractivity contribution is 5.32. The summed E-state index contributed by atoms with van der Waals surface area (Å²) in [5.41, 5.74) is 3.08. The predicted molar refractivity (Wildman–Crippen MR) is 67.5 cm³/mol. The molecule has 88 valence electrons. The van der Waals surface area contributed by atoms with Gasteiger partial charge < -0.3 is 5.11 Å². The molecule has 0 unspecified atom stereocenters. The zero-order valence-electron chi connectivity index (χ0n) is 10.4. The normalized spacial score (nSPS) is 20.4. The molecular weight excluding hydrogens is 196 g/mol. The summed E-state index contributed by atoms with van der Waals surface area (Å²) in [5, 5.41) is 10.8. The van der Waals surface area contributed by atoms with Gasteiger partial charge in [0.2, 0.25) is 0 Å². The summed E-state index contributed by atoms with van der Waals surface area (Å²) in [4.78, 5) is 0. The third-order valence-corrected chi connectivity index (χ3v) is 3.69. The van der Waals surface area contributed by atoms with E-state index in [0.717, 1.165) is 31.2 Å². The van der Waals surface area contributed by atoms with E-state index in [0.29, 0.717) is 0 Å². The fourth-order valence-corrected chi connectivity index (χ4v) is 2.85. The Bertz CT molecular complexity index is 339. The van der Waals surface area contributed by atoms with Gasteiger partial charge in [-0.25, -0.2) is 0 Å². The van der Waals surface area contributed by atoms with Gasteiger partial charge in [-0.15, -0.1) is 0 Å². The highest BCUT2D eigenvalue weighted by Gasteiger charge is 2.30. The van der Waals surface area contributed by atoms with E-state index in [2.05, 4.69) is 32.0 Å². The minimum absolute atomic E-state index is 0.562. The van der Waals surface area contributed by atoms with Crippen LogP contribution < -0.4 is 0 Å². The lowest BCUT2D eigenvalue weighted by Crippen LogP contribution is -2.24. The molecule has 0 spiro atoms. The van der Waals surface area contributed by atoms with Crippen molar-refractivity contribution in [3.8, 4) is 0 Å². The van der Waals surface area contributed by atoms with Crippen LogP contribution >= 0.6 is 0 Å². The average Bonchev–Trinajstić information content (AvgIpc) is 2.43. The van der Waals surface area contributed by atoms with Crippen LogP contribution in [0.15, 0.2) is 18.2 Å². The first kappa shape index (κ1) is 11.7. The van der Waals surface area contributed by atoms with Crippen molar-refractivity contribution in [1.82, 2.24) is 0 Å². The van der Waals surface area contributed by atoms with Crippen molar-refractivity contribution in [2.24, 2.45) is 0 Å². The lowest BCUT2D eigenvalue weighted by Gasteiger charge is -2.28. The molecule has 0 heterocycles. The quantitative estimate of drug-likeness (QED) is 0.710. The Hall–Kier alpha value is -0.820. The van der Waals surface area contributed by atoms with Gasteiger partial charge in [0.25, 0.3) is 0 Å². The molecule has 16 heavy (non-hydrogen) atoms. The van der Waals surface area contributed by atoms with E-state index >= 15 is 0 Å². The molecule has 0 saturated heterocycles. The Morgan fingerprint density at radius 1 is 0.875 bits per heavy atom. The summed E-state index contributed by atoms with van der Waals surface area (Å²) in [6, 6.07) is 6.47. The van der Waals surface area contributed by atoms with Gasteiger partial charge >= 0.3 is 0 Å². The van der Waals surface area contributed by atoms with Crippen LogP contribution in [0.1, 0.15) is 55.2 Å². The number of hydrogen-bond donors (Lipinski definition) is 1. The fraction of sp³-hybridized carbons (Fsp3) is 0.600. The molecule has 1 heteroatoms. The first-order valence-electron chi connectivity index (χ1n) is 6.41. The van der Waals surface area contributed by atoms with Crippen LogP contribution in [0.4, 0.5) is 0 Å². The molecule has 1 fully saturated rings. The van der Waals surface area contributed by atoms with Gasteiger partial charge in [0.1, 0.15) is 0 Å². The standard InChI is InChI=1S/C15H22O/c1-12-9-13(2)11-14(10-12)15(16)7-5-3-4-6-8-15/h9-11,16H,3-8H2,1-2H3. The van der Waals surface area contributed by atoms with Crippen LogP contribution in [0.25, 0.3) is 0 Å². The van der Waals surface area contributed by atoms with Gasteiger partial charge in [-0.05, 0) is 32.3 Å². The average molecular weight is 218 g/mol. The van der Waals surface area contributed by atoms with E-state index in [-0.39, 0.29) is 0 Å². The number of benzene rings is 1. The monoisotopic (exact) mass is 218 g/mol. The van der Waals surface area contributed by atoms with Gasteiger partial charge in [0.05, 0.1) is 5.60 Å². The number of aliphatic hydroxyl groups is 1. The maximum Gasteiger partial charge on any atom is 0.0896 e. The molecule has 1 saturated carbocycles. The minimum atomic E-state index is -0.562. The van der Waals surface area contributed by atoms with Crippen molar-refractivity contribution < 1.29 is 5.11 Å². The van der Waals surface area contributed by atoms with Crippen molar-refractivity contribution in [2.45, 2.75) is 58.0 Å². The van der Waals surface area contributed by atoms with Crippen LogP contribution in [-0.2, 0) is 5.60 Å². The van der Waals surface area contributed by atoms with Gasteiger partial charge in [0, 0.05) is 0 Å². The molecule has 1 N–H and O–H groups in total. The predicted octanol–water partition coefficient (Wildman–Crippen LogP) is 3.85. The second kappa shape index (κ2) is 4.58. The minimum Gasteiger partial charge on any atom is -0.385 e. The lowest BCUT2D eigenvalue weighted by atomic mass is 9.85. The van der Waals surface area contributed by atoms with E-state index in [4.69, 9.17) is 0 Å². The molecule has 2 rings (SSSR count). The Balaban J connectivity index is 2.32. The molecule has 1 aliphatic rings. The van der Waals surface area contributed by atoms with E-state index < -0.39 is 5.60 Å². The van der Waals surface area contributed by atoms with E-state index in [9.17, 15) is 5.11 Å². The molecule has 1 nitrogen and oxygen atoms in total. The Morgan fingerprint density at radius 3 is 1.88 bits per heavy atom. The molecule has 0 aromatic heterocycles. The molecule has 0 aliphatic heterocycles. The molecule has 1 aromatic rings. The van der Waals surface area contributed by atoms with Gasteiger partial charge in [0.15, 0.2) is 0 Å². The molecule has 1 aliphatic carbocycles. The maximum absolute atomic E-state index is 10.8. The van der Waals surface area contributed by atoms with Gasteiger partial charge in [-0.1, -0.05) is 55.0 Å². The van der Waals surface area contributed by atoms with Crippen molar-refractivity contribution in [3.05, 3.63) is 34.9 Å². The zero-order chi connectivity index (χ0) is 11.6. The summed E-state index contributed by atoms with van der Waals surface area (Å²) in [6.07, 6.45) is 6.71. The van der Waals surface area contributed by atoms with E-state index in [1.54, 1.807) is 0 Å². The summed E-state index contributed by atoms with van der Waals surface area (Å²) in [5.74, 6) is 0. The van der Waals surface area contributed by atoms with Crippen LogP contribution in [-0.4, -0.2) is 5.11 Å². The van der Waals surface area contributed by atoms with Crippen molar-refractivity contribution in [3.63, 3.8) is 0 Å². The fourth-order valence-electron chi connectivity index (χ4n) is 2.85. The summed E-state index contributed by atoms with van der Waals surface area (Å²) in [6.45, 7) is 4.22. The molecule has 1 aromatic carbocycles. The number of hydrogen-bond acceptors (Lipinski definition) is 1. The third kappa shape index (κ3) is 2.46. The summed E-state index contributed by atoms with van der Waals surface area (Å²) < 4.78 is 0. The molecular formula is C15H22O. The van der Waals surface area contributed by atoms with Crippen LogP contribution in [0.5, 0.6) is 0 Å². The smallest absolute Gasteiger partial charge is 0.0896 e. The first-order chi connectivity index (χ1) is 7.60. The summed E-state index contributed by atoms with van der Waals surface area (Å²) in [7, 11) is 0. The van der Waals surface area contributed by atoms with Crippen LogP contribution in [0, 0.1) is 13.8 Å². The second-order valence-corrected chi connectivity index (χ2v) is 5.32. The Kier molecular flexibility index (Phi) is 3.34. The first-order valence-corrected chi connectivity index (χ1v) is 6.41.